The number of hydrogen-bond donors (Lipinski definition) is 1. The Kier molecular flexibility index (Phi) is 9.02. The summed E-state index contributed by atoms with van der Waals surface area (Å²) in [6.45, 7) is 4.93. The van der Waals surface area contributed by atoms with E-state index in [4.69, 9.17) is 0 Å². The van der Waals surface area contributed by atoms with Crippen LogP contribution in [0.4, 0.5) is 32.0 Å². The van der Waals surface area contributed by atoms with Crippen LogP contribution in [0.15, 0.2) is 41.0 Å². The summed E-state index contributed by atoms with van der Waals surface area (Å²) in [5, 5.41) is 3.26. The zero-order valence-corrected chi connectivity index (χ0v) is 21.1. The highest BCUT2D eigenvalue weighted by Gasteiger charge is 2.36. The SMILES string of the molecule is O=C(CCCN1CCN(c2ccc(C(F)(F)F)cc2)CC1)N1CCC(NC2C=C(C(F)(F)F)N=CC2)CC1. The Morgan fingerprint density at radius 2 is 1.58 bits per heavy atom. The van der Waals surface area contributed by atoms with E-state index in [2.05, 4.69) is 20.1 Å². The minimum absolute atomic E-state index is 0.0576. The summed E-state index contributed by atoms with van der Waals surface area (Å²) in [6, 6.07) is 4.89. The van der Waals surface area contributed by atoms with Crippen LogP contribution in [-0.4, -0.2) is 86.0 Å². The molecule has 12 heteroatoms. The van der Waals surface area contributed by atoms with Gasteiger partial charge in [0.25, 0.3) is 0 Å². The lowest BCUT2D eigenvalue weighted by Crippen LogP contribution is -2.48. The molecule has 0 spiro atoms. The molecule has 4 rings (SSSR count). The van der Waals surface area contributed by atoms with Crippen molar-refractivity contribution in [3.63, 3.8) is 0 Å². The monoisotopic (exact) mass is 545 g/mol. The van der Waals surface area contributed by atoms with Gasteiger partial charge in [-0.25, -0.2) is 0 Å². The Morgan fingerprint density at radius 3 is 2.18 bits per heavy atom. The largest absolute Gasteiger partial charge is 0.433 e. The fourth-order valence-electron chi connectivity index (χ4n) is 5.15. The van der Waals surface area contributed by atoms with Crippen LogP contribution in [0.3, 0.4) is 0 Å². The Morgan fingerprint density at radius 1 is 0.921 bits per heavy atom. The second-order valence-electron chi connectivity index (χ2n) is 10.0. The topological polar surface area (TPSA) is 51.2 Å². The summed E-state index contributed by atoms with van der Waals surface area (Å²) in [6.07, 6.45) is -3.38. The second kappa shape index (κ2) is 12.1. The Labute approximate surface area is 218 Å². The number of likely N-dealkylation sites (tertiary alicyclic amines) is 1. The van der Waals surface area contributed by atoms with Gasteiger partial charge in [-0.05, 0) is 56.1 Å². The smallest absolute Gasteiger partial charge is 0.369 e. The van der Waals surface area contributed by atoms with Crippen LogP contribution in [0.5, 0.6) is 0 Å². The van der Waals surface area contributed by atoms with Crippen molar-refractivity contribution in [2.75, 3.05) is 50.7 Å². The lowest BCUT2D eigenvalue weighted by Gasteiger charge is -2.36. The molecule has 1 N–H and O–H groups in total. The molecule has 3 aliphatic heterocycles. The number of piperazine rings is 1. The molecule has 1 aromatic carbocycles. The number of nitrogens with zero attached hydrogens (tertiary/aromatic N) is 4. The fraction of sp³-hybridized carbons (Fsp3) is 0.615. The number of halogens is 6. The predicted molar refractivity (Wildman–Crippen MR) is 133 cm³/mol. The number of amides is 1. The summed E-state index contributed by atoms with van der Waals surface area (Å²) in [5.74, 6) is 0.0934. The third kappa shape index (κ3) is 7.72. The molecule has 38 heavy (non-hydrogen) atoms. The molecule has 3 heterocycles. The number of aliphatic imine (C=N–C) groups is 1. The number of carbonyl (C=O) groups excluding carboxylic acids is 1. The molecule has 1 atom stereocenters. The molecule has 0 saturated carbocycles. The van der Waals surface area contributed by atoms with Gasteiger partial charge in [-0.2, -0.15) is 26.3 Å². The first-order chi connectivity index (χ1) is 18.0. The number of benzene rings is 1. The molecule has 0 aliphatic carbocycles. The van der Waals surface area contributed by atoms with E-state index in [0.717, 1.165) is 50.0 Å². The molecular weight excluding hydrogens is 512 g/mol. The van der Waals surface area contributed by atoms with Crippen molar-refractivity contribution < 1.29 is 31.1 Å². The summed E-state index contributed by atoms with van der Waals surface area (Å²) in [4.78, 5) is 22.3. The fourth-order valence-corrected chi connectivity index (χ4v) is 5.15. The molecule has 0 bridgehead atoms. The molecule has 1 unspecified atom stereocenters. The summed E-state index contributed by atoms with van der Waals surface area (Å²) >= 11 is 0. The van der Waals surface area contributed by atoms with Crippen LogP contribution in [0.1, 0.15) is 37.7 Å². The number of hydrogen-bond acceptors (Lipinski definition) is 5. The normalized spacial score (nSPS) is 22.1. The van der Waals surface area contributed by atoms with E-state index in [1.165, 1.54) is 18.3 Å². The quantitative estimate of drug-likeness (QED) is 0.514. The zero-order valence-electron chi connectivity index (χ0n) is 21.1. The van der Waals surface area contributed by atoms with Gasteiger partial charge in [-0.15, -0.1) is 0 Å². The first-order valence-corrected chi connectivity index (χ1v) is 13.0. The van der Waals surface area contributed by atoms with Gasteiger partial charge in [0, 0.05) is 76.1 Å². The molecule has 210 valence electrons. The highest BCUT2D eigenvalue weighted by molar-refractivity contribution is 5.76. The lowest BCUT2D eigenvalue weighted by molar-refractivity contribution is -0.137. The maximum atomic E-state index is 12.9. The highest BCUT2D eigenvalue weighted by atomic mass is 19.4. The van der Waals surface area contributed by atoms with Gasteiger partial charge in [0.05, 0.1) is 5.56 Å². The van der Waals surface area contributed by atoms with E-state index in [0.29, 0.717) is 51.9 Å². The molecule has 0 aromatic heterocycles. The average molecular weight is 546 g/mol. The molecule has 6 nitrogen and oxygen atoms in total. The molecule has 2 saturated heterocycles. The van der Waals surface area contributed by atoms with Gasteiger partial charge < -0.3 is 15.1 Å². The number of allylic oxidation sites excluding steroid dienone is 1. The van der Waals surface area contributed by atoms with Gasteiger partial charge in [-0.1, -0.05) is 0 Å². The van der Waals surface area contributed by atoms with Crippen LogP contribution in [-0.2, 0) is 11.0 Å². The number of carbonyl (C=O) groups is 1. The molecule has 2 fully saturated rings. The van der Waals surface area contributed by atoms with E-state index in [1.54, 1.807) is 0 Å². The lowest BCUT2D eigenvalue weighted by atomic mass is 10.0. The Bertz CT molecular complexity index is 991. The van der Waals surface area contributed by atoms with Crippen molar-refractivity contribution >= 4 is 17.8 Å². The Balaban J connectivity index is 1.12. The maximum Gasteiger partial charge on any atom is 0.433 e. The number of alkyl halides is 6. The molecule has 3 aliphatic rings. The number of rotatable bonds is 7. The van der Waals surface area contributed by atoms with Crippen molar-refractivity contribution in [2.45, 2.75) is 56.5 Å². The third-order valence-electron chi connectivity index (χ3n) is 7.33. The van der Waals surface area contributed by atoms with E-state index in [1.807, 2.05) is 4.90 Å². The standard InChI is InChI=1S/C26H33F6N5O/c27-25(28,29)19-3-5-22(6-4-19)36-16-14-35(15-17-36)11-1-2-24(38)37-12-8-20(9-13-37)34-21-7-10-33-23(18-21)26(30,31)32/h3-6,10,18,20-21,34H,1-2,7-9,11-17H2. The summed E-state index contributed by atoms with van der Waals surface area (Å²) in [5.41, 5.74) is -0.741. The van der Waals surface area contributed by atoms with Crippen molar-refractivity contribution in [2.24, 2.45) is 4.99 Å². The van der Waals surface area contributed by atoms with Crippen molar-refractivity contribution in [3.8, 4) is 0 Å². The van der Waals surface area contributed by atoms with Gasteiger partial charge in [0.1, 0.15) is 5.70 Å². The highest BCUT2D eigenvalue weighted by Crippen LogP contribution is 2.31. The first-order valence-electron chi connectivity index (χ1n) is 13.0. The minimum atomic E-state index is -4.45. The summed E-state index contributed by atoms with van der Waals surface area (Å²) in [7, 11) is 0. The Hall–Kier alpha value is -2.60. The van der Waals surface area contributed by atoms with Crippen molar-refractivity contribution in [1.29, 1.82) is 0 Å². The average Bonchev–Trinajstić information content (AvgIpc) is 2.89. The molecule has 0 radical (unpaired) electrons. The van der Waals surface area contributed by atoms with Crippen molar-refractivity contribution in [1.82, 2.24) is 15.1 Å². The number of nitrogens with one attached hydrogen (secondary N) is 1. The van der Waals surface area contributed by atoms with E-state index < -0.39 is 29.7 Å². The summed E-state index contributed by atoms with van der Waals surface area (Å²) < 4.78 is 77.0. The molecule has 1 aromatic rings. The van der Waals surface area contributed by atoms with Crippen LogP contribution >= 0.6 is 0 Å². The number of piperidine rings is 1. The van der Waals surface area contributed by atoms with E-state index in [9.17, 15) is 31.1 Å². The van der Waals surface area contributed by atoms with Gasteiger partial charge in [0.2, 0.25) is 5.91 Å². The maximum absolute atomic E-state index is 12.9. The minimum Gasteiger partial charge on any atom is -0.369 e. The third-order valence-corrected chi connectivity index (χ3v) is 7.33. The van der Waals surface area contributed by atoms with Crippen LogP contribution < -0.4 is 10.2 Å². The van der Waals surface area contributed by atoms with Gasteiger partial charge >= 0.3 is 12.4 Å². The number of anilines is 1. The van der Waals surface area contributed by atoms with E-state index in [-0.39, 0.29) is 11.9 Å². The van der Waals surface area contributed by atoms with Gasteiger partial charge in [-0.3, -0.25) is 14.7 Å². The van der Waals surface area contributed by atoms with E-state index >= 15 is 0 Å². The zero-order chi connectivity index (χ0) is 27.3. The second-order valence-corrected chi connectivity index (χ2v) is 10.0. The van der Waals surface area contributed by atoms with Crippen LogP contribution in [0.25, 0.3) is 0 Å². The van der Waals surface area contributed by atoms with Crippen LogP contribution in [0.2, 0.25) is 0 Å². The molecule has 1 amide bonds. The van der Waals surface area contributed by atoms with Gasteiger partial charge in [0.15, 0.2) is 0 Å². The molecular formula is C26H33F6N5O. The van der Waals surface area contributed by atoms with Crippen molar-refractivity contribution in [3.05, 3.63) is 41.6 Å². The van der Waals surface area contributed by atoms with Crippen LogP contribution in [0, 0.1) is 0 Å². The first kappa shape index (κ1) is 28.4. The predicted octanol–water partition coefficient (Wildman–Crippen LogP) is 4.48.